The maximum Gasteiger partial charge on any atom is 0.268 e. The molecule has 0 aliphatic carbocycles. The summed E-state index contributed by atoms with van der Waals surface area (Å²) in [6.07, 6.45) is -0.0842. The highest BCUT2D eigenvalue weighted by Crippen LogP contribution is 2.27. The Morgan fingerprint density at radius 2 is 1.94 bits per heavy atom. The minimum Gasteiger partial charge on any atom is -0.360 e. The van der Waals surface area contributed by atoms with Crippen LogP contribution in [0.15, 0.2) is 35.2 Å². The molecule has 1 aromatic rings. The summed E-state index contributed by atoms with van der Waals surface area (Å²) in [5.74, 6) is -0.416. The standard InChI is InChI=1S/C11H13NO4S/c1-16-11-8-7-10(13)12(11)17(14,15)9-5-3-2-4-6-9/h2-6,11H,7-8H2,1H3. The summed E-state index contributed by atoms with van der Waals surface area (Å²) in [5.41, 5.74) is 0. The Balaban J connectivity index is 2.42. The number of nitrogens with zero attached hydrogens (tertiary/aromatic N) is 1. The zero-order chi connectivity index (χ0) is 12.5. The Hall–Kier alpha value is -1.40. The molecule has 1 amide bonds. The Morgan fingerprint density at radius 3 is 2.53 bits per heavy atom. The molecule has 1 aromatic carbocycles. The Morgan fingerprint density at radius 1 is 1.29 bits per heavy atom. The SMILES string of the molecule is COC1CCC(=O)N1S(=O)(=O)c1ccccc1. The van der Waals surface area contributed by atoms with E-state index in [0.29, 0.717) is 6.42 Å². The predicted molar refractivity (Wildman–Crippen MR) is 60.5 cm³/mol. The molecule has 92 valence electrons. The summed E-state index contributed by atoms with van der Waals surface area (Å²) in [6.45, 7) is 0. The number of benzene rings is 1. The van der Waals surface area contributed by atoms with Crippen molar-refractivity contribution in [1.29, 1.82) is 0 Å². The zero-order valence-electron chi connectivity index (χ0n) is 9.37. The van der Waals surface area contributed by atoms with Crippen LogP contribution in [0.1, 0.15) is 12.8 Å². The molecule has 0 N–H and O–H groups in total. The third kappa shape index (κ3) is 2.05. The third-order valence-corrected chi connectivity index (χ3v) is 4.51. The molecule has 0 spiro atoms. The lowest BCUT2D eigenvalue weighted by atomic mass is 10.4. The van der Waals surface area contributed by atoms with Gasteiger partial charge >= 0.3 is 0 Å². The number of amides is 1. The van der Waals surface area contributed by atoms with E-state index in [1.165, 1.54) is 19.2 Å². The minimum atomic E-state index is -3.79. The highest BCUT2D eigenvalue weighted by molar-refractivity contribution is 7.89. The van der Waals surface area contributed by atoms with Gasteiger partial charge in [0.2, 0.25) is 5.91 Å². The molecule has 5 nitrogen and oxygen atoms in total. The summed E-state index contributed by atoms with van der Waals surface area (Å²) >= 11 is 0. The summed E-state index contributed by atoms with van der Waals surface area (Å²) in [7, 11) is -2.39. The molecule has 1 unspecified atom stereocenters. The smallest absolute Gasteiger partial charge is 0.268 e. The molecule has 0 aromatic heterocycles. The summed E-state index contributed by atoms with van der Waals surface area (Å²) < 4.78 is 30.3. The number of carbonyl (C=O) groups excluding carboxylic acids is 1. The fourth-order valence-corrected chi connectivity index (χ4v) is 3.43. The molecule has 17 heavy (non-hydrogen) atoms. The van der Waals surface area contributed by atoms with Crippen molar-refractivity contribution in [2.24, 2.45) is 0 Å². The van der Waals surface area contributed by atoms with Gasteiger partial charge in [-0.15, -0.1) is 0 Å². The van der Waals surface area contributed by atoms with Gasteiger partial charge in [-0.05, 0) is 12.1 Å². The first kappa shape index (κ1) is 12.1. The van der Waals surface area contributed by atoms with E-state index in [2.05, 4.69) is 0 Å². The van der Waals surface area contributed by atoms with Gasteiger partial charge in [0, 0.05) is 20.0 Å². The summed E-state index contributed by atoms with van der Waals surface area (Å²) in [6, 6.07) is 7.89. The fraction of sp³-hybridized carbons (Fsp3) is 0.364. The lowest BCUT2D eigenvalue weighted by molar-refractivity contribution is -0.127. The zero-order valence-corrected chi connectivity index (χ0v) is 10.2. The van der Waals surface area contributed by atoms with E-state index < -0.39 is 22.2 Å². The van der Waals surface area contributed by atoms with E-state index in [0.717, 1.165) is 4.31 Å². The maximum absolute atomic E-state index is 12.2. The van der Waals surface area contributed by atoms with Crippen molar-refractivity contribution in [3.63, 3.8) is 0 Å². The first-order chi connectivity index (χ1) is 8.07. The molecular formula is C11H13NO4S. The van der Waals surface area contributed by atoms with Gasteiger partial charge in [-0.1, -0.05) is 18.2 Å². The summed E-state index contributed by atoms with van der Waals surface area (Å²) in [5, 5.41) is 0. The number of sulfonamides is 1. The quantitative estimate of drug-likeness (QED) is 0.807. The van der Waals surface area contributed by atoms with Gasteiger partial charge in [0.15, 0.2) is 0 Å². The van der Waals surface area contributed by atoms with E-state index in [1.807, 2.05) is 0 Å². The number of hydrogen-bond acceptors (Lipinski definition) is 4. The van der Waals surface area contributed by atoms with Gasteiger partial charge in [0.05, 0.1) is 4.90 Å². The van der Waals surface area contributed by atoms with E-state index in [-0.39, 0.29) is 11.3 Å². The van der Waals surface area contributed by atoms with Crippen LogP contribution in [0.25, 0.3) is 0 Å². The fourth-order valence-electron chi connectivity index (χ4n) is 1.84. The van der Waals surface area contributed by atoms with Crippen LogP contribution in [-0.2, 0) is 19.6 Å². The molecule has 1 atom stereocenters. The van der Waals surface area contributed by atoms with Crippen LogP contribution in [0.5, 0.6) is 0 Å². The lowest BCUT2D eigenvalue weighted by Gasteiger charge is -2.22. The average Bonchev–Trinajstić information content (AvgIpc) is 2.72. The van der Waals surface area contributed by atoms with Crippen molar-refractivity contribution in [3.05, 3.63) is 30.3 Å². The lowest BCUT2D eigenvalue weighted by Crippen LogP contribution is -2.39. The van der Waals surface area contributed by atoms with Crippen LogP contribution in [0.2, 0.25) is 0 Å². The van der Waals surface area contributed by atoms with Crippen LogP contribution in [-0.4, -0.2) is 32.0 Å². The highest BCUT2D eigenvalue weighted by Gasteiger charge is 2.40. The second-order valence-electron chi connectivity index (χ2n) is 3.74. The minimum absolute atomic E-state index is 0.109. The van der Waals surface area contributed by atoms with Gasteiger partial charge in [0.25, 0.3) is 10.0 Å². The van der Waals surface area contributed by atoms with Crippen LogP contribution in [0, 0.1) is 0 Å². The monoisotopic (exact) mass is 255 g/mol. The second kappa shape index (κ2) is 4.46. The average molecular weight is 255 g/mol. The van der Waals surface area contributed by atoms with Crippen molar-refractivity contribution in [3.8, 4) is 0 Å². The highest BCUT2D eigenvalue weighted by atomic mass is 32.2. The molecule has 0 bridgehead atoms. The second-order valence-corrected chi connectivity index (χ2v) is 5.55. The van der Waals surface area contributed by atoms with Crippen LogP contribution >= 0.6 is 0 Å². The van der Waals surface area contributed by atoms with Gasteiger partial charge in [-0.2, -0.15) is 0 Å². The molecule has 1 heterocycles. The first-order valence-corrected chi connectivity index (χ1v) is 6.66. The molecule has 1 aliphatic rings. The normalized spacial score (nSPS) is 20.9. The van der Waals surface area contributed by atoms with E-state index in [1.54, 1.807) is 18.2 Å². The summed E-state index contributed by atoms with van der Waals surface area (Å²) in [4.78, 5) is 11.7. The molecule has 0 radical (unpaired) electrons. The number of rotatable bonds is 3. The molecule has 0 saturated carbocycles. The van der Waals surface area contributed by atoms with Crippen molar-refractivity contribution < 1.29 is 17.9 Å². The topological polar surface area (TPSA) is 63.7 Å². The number of carbonyl (C=O) groups is 1. The van der Waals surface area contributed by atoms with Gasteiger partial charge in [0.1, 0.15) is 6.23 Å². The van der Waals surface area contributed by atoms with E-state index in [4.69, 9.17) is 4.74 Å². The molecule has 1 saturated heterocycles. The Labute approximate surface area is 100 Å². The van der Waals surface area contributed by atoms with Crippen LogP contribution < -0.4 is 0 Å². The molecular weight excluding hydrogens is 242 g/mol. The molecule has 1 aliphatic heterocycles. The van der Waals surface area contributed by atoms with Crippen molar-refractivity contribution in [2.45, 2.75) is 24.0 Å². The first-order valence-electron chi connectivity index (χ1n) is 5.22. The van der Waals surface area contributed by atoms with Crippen molar-refractivity contribution in [1.82, 2.24) is 4.31 Å². The molecule has 1 fully saturated rings. The van der Waals surface area contributed by atoms with Crippen LogP contribution in [0.4, 0.5) is 0 Å². The van der Waals surface area contributed by atoms with Gasteiger partial charge < -0.3 is 4.74 Å². The van der Waals surface area contributed by atoms with Gasteiger partial charge in [-0.3, -0.25) is 4.79 Å². The van der Waals surface area contributed by atoms with Gasteiger partial charge in [-0.25, -0.2) is 12.7 Å². The molecule has 2 rings (SSSR count). The number of hydrogen-bond donors (Lipinski definition) is 0. The van der Waals surface area contributed by atoms with Crippen molar-refractivity contribution in [2.75, 3.05) is 7.11 Å². The molecule has 6 heteroatoms. The number of methoxy groups -OCH3 is 1. The van der Waals surface area contributed by atoms with Crippen molar-refractivity contribution >= 4 is 15.9 Å². The Kier molecular flexibility index (Phi) is 3.17. The Bertz CT molecular complexity index is 512. The van der Waals surface area contributed by atoms with E-state index in [9.17, 15) is 13.2 Å². The largest absolute Gasteiger partial charge is 0.360 e. The predicted octanol–water partition coefficient (Wildman–Crippen LogP) is 0.970. The van der Waals surface area contributed by atoms with Crippen LogP contribution in [0.3, 0.4) is 0 Å². The third-order valence-electron chi connectivity index (χ3n) is 2.68. The number of ether oxygens (including phenoxy) is 1. The maximum atomic E-state index is 12.2. The van der Waals surface area contributed by atoms with E-state index >= 15 is 0 Å².